The number of para-hydroxylation sites is 3. The third-order valence-electron chi connectivity index (χ3n) is 2.83. The second-order valence-corrected chi connectivity index (χ2v) is 7.11. The summed E-state index contributed by atoms with van der Waals surface area (Å²) in [6, 6.07) is 25.1. The monoisotopic (exact) mass is 523 g/mol. The fourth-order valence-electron chi connectivity index (χ4n) is 1.75. The van der Waals surface area contributed by atoms with Crippen LogP contribution in [0.15, 0.2) is 91.0 Å². The molecule has 165 valence electrons. The Bertz CT molecular complexity index is 794. The van der Waals surface area contributed by atoms with Crippen molar-refractivity contribution >= 4 is 24.8 Å². The molecule has 0 aliphatic carbocycles. The van der Waals surface area contributed by atoms with E-state index >= 15 is 0 Å². The van der Waals surface area contributed by atoms with Crippen molar-refractivity contribution in [1.29, 1.82) is 0 Å². The zero-order valence-corrected chi connectivity index (χ0v) is 20.0. The Morgan fingerprint density at radius 2 is 0.645 bits per heavy atom. The summed E-state index contributed by atoms with van der Waals surface area (Å²) < 4.78 is 43.3. The van der Waals surface area contributed by atoms with Gasteiger partial charge in [0.25, 0.3) is 0 Å². The Balaban J connectivity index is 0.000000429. The van der Waals surface area contributed by atoms with Crippen LogP contribution >= 0.6 is 24.8 Å². The number of benzene rings is 3. The van der Waals surface area contributed by atoms with E-state index in [4.69, 9.17) is 0 Å². The van der Waals surface area contributed by atoms with Gasteiger partial charge >= 0.3 is 17.4 Å². The molecule has 9 nitrogen and oxygen atoms in total. The van der Waals surface area contributed by atoms with Gasteiger partial charge in [0, 0.05) is 0 Å². The fourth-order valence-corrected chi connectivity index (χ4v) is 2.74. The van der Waals surface area contributed by atoms with Crippen LogP contribution in [0.1, 0.15) is 0 Å². The van der Waals surface area contributed by atoms with Gasteiger partial charge in [0.05, 0.1) is 0 Å². The van der Waals surface area contributed by atoms with Crippen molar-refractivity contribution in [2.45, 2.75) is 0 Å². The van der Waals surface area contributed by atoms with Gasteiger partial charge in [0.2, 0.25) is 0 Å². The average Bonchev–Trinajstić information content (AvgIpc) is 2.70. The van der Waals surface area contributed by atoms with Crippen LogP contribution in [0.25, 0.3) is 0 Å². The third-order valence-corrected chi connectivity index (χ3v) is 4.04. The number of rotatable bonds is 6. The van der Waals surface area contributed by atoms with E-state index in [0.29, 0.717) is 17.2 Å². The van der Waals surface area contributed by atoms with Crippen molar-refractivity contribution in [1.82, 2.24) is 0 Å². The van der Waals surface area contributed by atoms with Crippen molar-refractivity contribution in [3.63, 3.8) is 0 Å². The molecule has 0 aliphatic heterocycles. The first-order chi connectivity index (χ1) is 14.4. The smallest absolute Gasteiger partial charge is 0.771 e. The topological polar surface area (TPSA) is 148 Å². The summed E-state index contributed by atoms with van der Waals surface area (Å²) in [6.07, 6.45) is 0. The molecule has 0 saturated heterocycles. The normalized spacial score (nSPS) is 12.1. The molecule has 0 spiro atoms. The summed E-state index contributed by atoms with van der Waals surface area (Å²) in [6.45, 7) is 0. The molecule has 0 aromatic heterocycles. The molecule has 0 amide bonds. The summed E-state index contributed by atoms with van der Waals surface area (Å²) in [5, 5.41) is 0. The molecule has 3 rings (SSSR count). The van der Waals surface area contributed by atoms with Crippen LogP contribution in [0.4, 0.5) is 0 Å². The largest absolute Gasteiger partial charge is 3.00 e. The molecule has 1 radical (unpaired) electrons. The van der Waals surface area contributed by atoms with Gasteiger partial charge in [-0.25, -0.2) is 0 Å². The Kier molecular flexibility index (Phi) is 16.7. The zero-order chi connectivity index (χ0) is 22.2. The van der Waals surface area contributed by atoms with Gasteiger partial charge in [-0.3, -0.25) is 13.7 Å². The van der Waals surface area contributed by atoms with Gasteiger partial charge in [-0.1, -0.05) is 54.6 Å². The minimum atomic E-state index is -3.09. The van der Waals surface area contributed by atoms with Crippen LogP contribution in [-0.2, 0) is 31.1 Å². The molecule has 0 aliphatic rings. The standard InChI is InChI=1S/3C6H7O3P.Cr/c3*7-10(8)9-6-4-2-1-3-5-6;/h3*1-5,10H,(H,7,8);/q;;;+3/p-3. The summed E-state index contributed by atoms with van der Waals surface area (Å²) in [7, 11) is -9.26. The first-order valence-corrected chi connectivity index (χ1v) is 11.9. The maximum atomic E-state index is 10.0. The van der Waals surface area contributed by atoms with E-state index in [9.17, 15) is 28.4 Å². The van der Waals surface area contributed by atoms with Crippen LogP contribution < -0.4 is 28.3 Å². The van der Waals surface area contributed by atoms with Crippen LogP contribution in [0.3, 0.4) is 0 Å². The van der Waals surface area contributed by atoms with Crippen molar-refractivity contribution in [3.05, 3.63) is 91.0 Å². The molecule has 31 heavy (non-hydrogen) atoms. The molecule has 0 heterocycles. The predicted molar refractivity (Wildman–Crippen MR) is 108 cm³/mol. The van der Waals surface area contributed by atoms with Crippen molar-refractivity contribution in [3.8, 4) is 17.2 Å². The Hall–Kier alpha value is -1.84. The first kappa shape index (κ1) is 29.2. The van der Waals surface area contributed by atoms with Crippen molar-refractivity contribution in [2.75, 3.05) is 0 Å². The molecular formula is C18H18CrO9P3. The van der Waals surface area contributed by atoms with E-state index in [2.05, 4.69) is 13.6 Å². The SMILES string of the molecule is O=[PH]([O-])Oc1ccccc1.O=[PH]([O-])Oc1ccccc1.O=[PH]([O-])Oc1ccccc1.[Cr+3]. The number of hydrogen-bond donors (Lipinski definition) is 0. The predicted octanol–water partition coefficient (Wildman–Crippen LogP) is 2.44. The summed E-state index contributed by atoms with van der Waals surface area (Å²) in [5.41, 5.74) is 0. The van der Waals surface area contributed by atoms with Crippen LogP contribution in [0.5, 0.6) is 17.2 Å². The van der Waals surface area contributed by atoms with Crippen molar-refractivity contribution in [2.24, 2.45) is 0 Å². The summed E-state index contributed by atoms with van der Waals surface area (Å²) >= 11 is 0. The molecule has 3 aromatic rings. The van der Waals surface area contributed by atoms with E-state index in [-0.39, 0.29) is 17.4 Å². The van der Waals surface area contributed by atoms with Crippen LogP contribution in [0.2, 0.25) is 0 Å². The minimum absolute atomic E-state index is 0. The minimum Gasteiger partial charge on any atom is -0.771 e. The Morgan fingerprint density at radius 1 is 0.452 bits per heavy atom. The molecule has 0 bridgehead atoms. The zero-order valence-electron chi connectivity index (χ0n) is 15.7. The molecule has 0 saturated carbocycles. The molecule has 3 unspecified atom stereocenters. The van der Waals surface area contributed by atoms with Gasteiger partial charge in [0.15, 0.2) is 24.8 Å². The van der Waals surface area contributed by atoms with Crippen molar-refractivity contribution < 1.29 is 59.3 Å². The van der Waals surface area contributed by atoms with E-state index in [1.54, 1.807) is 91.0 Å². The molecule has 3 atom stereocenters. The summed E-state index contributed by atoms with van der Waals surface area (Å²) in [4.78, 5) is 30.1. The van der Waals surface area contributed by atoms with Gasteiger partial charge in [-0.05, 0) is 36.4 Å². The molecular weight excluding hydrogens is 505 g/mol. The quantitative estimate of drug-likeness (QED) is 0.444. The van der Waals surface area contributed by atoms with E-state index < -0.39 is 24.8 Å². The van der Waals surface area contributed by atoms with E-state index in [1.165, 1.54) is 0 Å². The first-order valence-electron chi connectivity index (χ1n) is 8.18. The van der Waals surface area contributed by atoms with Gasteiger partial charge in [0.1, 0.15) is 17.2 Å². The molecule has 0 N–H and O–H groups in total. The van der Waals surface area contributed by atoms with Gasteiger partial charge in [-0.15, -0.1) is 0 Å². The van der Waals surface area contributed by atoms with Crippen LogP contribution in [-0.4, -0.2) is 0 Å². The van der Waals surface area contributed by atoms with E-state index in [1.807, 2.05) is 0 Å². The third kappa shape index (κ3) is 16.5. The Labute approximate surface area is 192 Å². The van der Waals surface area contributed by atoms with Crippen LogP contribution in [0, 0.1) is 0 Å². The van der Waals surface area contributed by atoms with E-state index in [0.717, 1.165) is 0 Å². The maximum Gasteiger partial charge on any atom is 3.00 e. The Morgan fingerprint density at radius 3 is 0.806 bits per heavy atom. The average molecular weight is 523 g/mol. The fraction of sp³-hybridized carbons (Fsp3) is 0. The van der Waals surface area contributed by atoms with Gasteiger partial charge < -0.3 is 28.3 Å². The van der Waals surface area contributed by atoms with Gasteiger partial charge in [-0.2, -0.15) is 0 Å². The number of hydrogen-bond acceptors (Lipinski definition) is 9. The molecule has 13 heteroatoms. The maximum absolute atomic E-state index is 10.0. The second-order valence-electron chi connectivity index (χ2n) is 5.00. The molecule has 0 fully saturated rings. The second kappa shape index (κ2) is 17.8. The molecule has 3 aromatic carbocycles. The summed E-state index contributed by atoms with van der Waals surface area (Å²) in [5.74, 6) is 1.09.